The quantitative estimate of drug-likeness (QED) is 0.610. The molecule has 4 heterocycles. The van der Waals surface area contributed by atoms with E-state index in [0.29, 0.717) is 49.2 Å². The van der Waals surface area contributed by atoms with Gasteiger partial charge in [-0.1, -0.05) is 6.07 Å². The molecule has 1 saturated heterocycles. The van der Waals surface area contributed by atoms with Crippen molar-refractivity contribution < 1.29 is 14.3 Å². The molecule has 0 spiro atoms. The van der Waals surface area contributed by atoms with Gasteiger partial charge >= 0.3 is 5.69 Å². The molecule has 2 aromatic heterocycles. The molecule has 11 heteroatoms. The molecule has 5 rings (SSSR count). The fourth-order valence-corrected chi connectivity index (χ4v) is 3.76. The van der Waals surface area contributed by atoms with Crippen LogP contribution >= 0.6 is 0 Å². The molecule has 11 nitrogen and oxygen atoms in total. The molecule has 0 aliphatic carbocycles. The summed E-state index contributed by atoms with van der Waals surface area (Å²) in [5.41, 5.74) is -0.613. The minimum absolute atomic E-state index is 0.00501. The molecule has 3 aromatic rings. The molecule has 1 amide bonds. The average molecular weight is 436 g/mol. The molecule has 1 N–H and O–H groups in total. The first-order valence-corrected chi connectivity index (χ1v) is 10.1. The molecule has 32 heavy (non-hydrogen) atoms. The number of ether oxygens (including phenoxy) is 2. The van der Waals surface area contributed by atoms with Crippen LogP contribution in [0.15, 0.2) is 52.4 Å². The van der Waals surface area contributed by atoms with Crippen molar-refractivity contribution in [2.75, 3.05) is 37.9 Å². The van der Waals surface area contributed by atoms with Gasteiger partial charge in [-0.15, -0.1) is 0 Å². The summed E-state index contributed by atoms with van der Waals surface area (Å²) in [4.78, 5) is 52.9. The average Bonchev–Trinajstić information content (AvgIpc) is 3.30. The highest BCUT2D eigenvalue weighted by atomic mass is 16.7. The lowest BCUT2D eigenvalue weighted by atomic mass is 10.2. The number of aromatic nitrogens is 4. The van der Waals surface area contributed by atoms with E-state index in [-0.39, 0.29) is 18.9 Å². The lowest BCUT2D eigenvalue weighted by Gasteiger charge is -2.34. The molecule has 1 aromatic carbocycles. The highest BCUT2D eigenvalue weighted by Gasteiger charge is 2.26. The fourth-order valence-electron chi connectivity index (χ4n) is 3.76. The molecule has 2 aliphatic rings. The van der Waals surface area contributed by atoms with Crippen molar-refractivity contribution in [3.63, 3.8) is 0 Å². The highest BCUT2D eigenvalue weighted by molar-refractivity contribution is 5.93. The van der Waals surface area contributed by atoms with Gasteiger partial charge in [-0.05, 0) is 23.8 Å². The van der Waals surface area contributed by atoms with Gasteiger partial charge < -0.3 is 24.3 Å². The van der Waals surface area contributed by atoms with Crippen molar-refractivity contribution >= 4 is 11.9 Å². The number of nitrogens with zero attached hydrogens (tertiary/aromatic N) is 5. The molecule has 0 atom stereocenters. The van der Waals surface area contributed by atoms with Gasteiger partial charge in [0.05, 0.1) is 6.54 Å². The molecule has 0 bridgehead atoms. The lowest BCUT2D eigenvalue weighted by Crippen LogP contribution is -2.51. The van der Waals surface area contributed by atoms with Gasteiger partial charge in [0.1, 0.15) is 5.56 Å². The second-order valence-electron chi connectivity index (χ2n) is 7.41. The maximum Gasteiger partial charge on any atom is 0.328 e. The first kappa shape index (κ1) is 19.8. The van der Waals surface area contributed by atoms with E-state index in [1.165, 1.54) is 6.20 Å². The summed E-state index contributed by atoms with van der Waals surface area (Å²) in [6, 6.07) is 6.93. The Morgan fingerprint density at radius 1 is 1.03 bits per heavy atom. The van der Waals surface area contributed by atoms with E-state index in [4.69, 9.17) is 9.47 Å². The maximum absolute atomic E-state index is 13.0. The Bertz CT molecular complexity index is 1260. The van der Waals surface area contributed by atoms with Crippen molar-refractivity contribution in [3.8, 4) is 11.5 Å². The van der Waals surface area contributed by atoms with E-state index in [0.717, 1.165) is 4.57 Å². The normalized spacial score (nSPS) is 15.1. The Kier molecular flexibility index (Phi) is 5.06. The van der Waals surface area contributed by atoms with E-state index < -0.39 is 17.2 Å². The van der Waals surface area contributed by atoms with Gasteiger partial charge in [-0.3, -0.25) is 14.2 Å². The van der Waals surface area contributed by atoms with Crippen LogP contribution in [-0.2, 0) is 6.54 Å². The number of carbonyl (C=O) groups excluding carboxylic acids is 1. The molecule has 164 valence electrons. The Morgan fingerprint density at radius 2 is 1.78 bits per heavy atom. The fraction of sp³-hybridized carbons (Fsp3) is 0.286. The summed E-state index contributed by atoms with van der Waals surface area (Å²) < 4.78 is 11.6. The number of rotatable bonds is 4. The second-order valence-corrected chi connectivity index (χ2v) is 7.41. The van der Waals surface area contributed by atoms with Gasteiger partial charge in [0.15, 0.2) is 11.5 Å². The Hall–Kier alpha value is -4.15. The Balaban J connectivity index is 1.34. The third kappa shape index (κ3) is 3.68. The van der Waals surface area contributed by atoms with E-state index in [1.807, 2.05) is 4.90 Å². The summed E-state index contributed by atoms with van der Waals surface area (Å²) in [5.74, 6) is 1.35. The standard InChI is InChI=1S/C21H20N6O5/c28-18(25-6-8-26(9-7-25)20-22-4-1-5-23-20)15-11-24-21(30)27(19(15)29)12-14-2-3-16-17(10-14)32-13-31-16/h1-5,10-11H,6-9,12-13H2,(H,24,30). The number of carbonyl (C=O) groups is 1. The van der Waals surface area contributed by atoms with Gasteiger partial charge in [0.2, 0.25) is 12.7 Å². The van der Waals surface area contributed by atoms with E-state index in [1.54, 1.807) is 41.6 Å². The van der Waals surface area contributed by atoms with Gasteiger partial charge in [-0.25, -0.2) is 14.8 Å². The van der Waals surface area contributed by atoms with Crippen LogP contribution < -0.4 is 25.6 Å². The number of anilines is 1. The molecular weight excluding hydrogens is 416 g/mol. The zero-order valence-corrected chi connectivity index (χ0v) is 17.1. The highest BCUT2D eigenvalue weighted by Crippen LogP contribution is 2.32. The SMILES string of the molecule is O=C(c1c[nH]c(=O)n(Cc2ccc3c(c2)OCO3)c1=O)N1CCN(c2ncccn2)CC1. The van der Waals surface area contributed by atoms with Gasteiger partial charge in [0, 0.05) is 44.8 Å². The van der Waals surface area contributed by atoms with Crippen LogP contribution in [0.4, 0.5) is 5.95 Å². The van der Waals surface area contributed by atoms with Crippen LogP contribution in [0, 0.1) is 0 Å². The third-order valence-corrected chi connectivity index (χ3v) is 5.47. The Labute approximate surface area is 181 Å². The summed E-state index contributed by atoms with van der Waals surface area (Å²) >= 11 is 0. The van der Waals surface area contributed by atoms with Gasteiger partial charge in [0.25, 0.3) is 11.5 Å². The maximum atomic E-state index is 13.0. The van der Waals surface area contributed by atoms with Crippen molar-refractivity contribution in [1.82, 2.24) is 24.4 Å². The van der Waals surface area contributed by atoms with Crippen LogP contribution in [0.1, 0.15) is 15.9 Å². The summed E-state index contributed by atoms with van der Waals surface area (Å²) in [6.07, 6.45) is 4.53. The minimum atomic E-state index is -0.634. The van der Waals surface area contributed by atoms with Crippen LogP contribution in [-0.4, -0.2) is 63.3 Å². The number of aromatic amines is 1. The number of hydrogen-bond donors (Lipinski definition) is 1. The largest absolute Gasteiger partial charge is 0.454 e. The Morgan fingerprint density at radius 3 is 2.56 bits per heavy atom. The van der Waals surface area contributed by atoms with Crippen molar-refractivity contribution in [1.29, 1.82) is 0 Å². The number of amides is 1. The number of piperazine rings is 1. The first-order valence-electron chi connectivity index (χ1n) is 10.1. The molecule has 0 saturated carbocycles. The summed E-state index contributed by atoms with van der Waals surface area (Å²) in [6.45, 7) is 2.06. The molecule has 0 unspecified atom stereocenters. The van der Waals surface area contributed by atoms with E-state index in [9.17, 15) is 14.4 Å². The zero-order chi connectivity index (χ0) is 22.1. The number of fused-ring (bicyclic) bond motifs is 1. The molecule has 0 radical (unpaired) electrons. The zero-order valence-electron chi connectivity index (χ0n) is 17.1. The second kappa shape index (κ2) is 8.17. The van der Waals surface area contributed by atoms with Crippen LogP contribution in [0.2, 0.25) is 0 Å². The van der Waals surface area contributed by atoms with E-state index in [2.05, 4.69) is 15.0 Å². The van der Waals surface area contributed by atoms with Crippen molar-refractivity contribution in [3.05, 3.63) is 74.8 Å². The smallest absolute Gasteiger partial charge is 0.328 e. The van der Waals surface area contributed by atoms with E-state index >= 15 is 0 Å². The molecular formula is C21H20N6O5. The topological polar surface area (TPSA) is 123 Å². The third-order valence-electron chi connectivity index (χ3n) is 5.47. The van der Waals surface area contributed by atoms with Crippen molar-refractivity contribution in [2.45, 2.75) is 6.54 Å². The number of hydrogen-bond acceptors (Lipinski definition) is 8. The van der Waals surface area contributed by atoms with Crippen LogP contribution in [0.3, 0.4) is 0 Å². The monoisotopic (exact) mass is 436 g/mol. The summed E-state index contributed by atoms with van der Waals surface area (Å²) in [5, 5.41) is 0. The molecule has 2 aliphatic heterocycles. The van der Waals surface area contributed by atoms with Crippen molar-refractivity contribution in [2.24, 2.45) is 0 Å². The molecule has 1 fully saturated rings. The lowest BCUT2D eigenvalue weighted by molar-refractivity contribution is 0.0743. The summed E-state index contributed by atoms with van der Waals surface area (Å²) in [7, 11) is 0. The predicted octanol–water partition coefficient (Wildman–Crippen LogP) is 0.0660. The van der Waals surface area contributed by atoms with Gasteiger partial charge in [-0.2, -0.15) is 0 Å². The van der Waals surface area contributed by atoms with Crippen LogP contribution in [0.5, 0.6) is 11.5 Å². The number of benzene rings is 1. The predicted molar refractivity (Wildman–Crippen MR) is 113 cm³/mol. The minimum Gasteiger partial charge on any atom is -0.454 e. The van der Waals surface area contributed by atoms with Crippen LogP contribution in [0.25, 0.3) is 0 Å². The number of nitrogens with one attached hydrogen (secondary N) is 1. The number of H-pyrrole nitrogens is 1. The first-order chi connectivity index (χ1) is 15.6.